The lowest BCUT2D eigenvalue weighted by Gasteiger charge is -2.39. The van der Waals surface area contributed by atoms with Crippen molar-refractivity contribution < 1.29 is 36.7 Å². The number of benzene rings is 2. The molecule has 4 amide bonds. The number of aromatic nitrogens is 2. The minimum absolute atomic E-state index is 0.0189. The molecule has 260 valence electrons. The third kappa shape index (κ3) is 7.61. The number of halogens is 1. The van der Waals surface area contributed by atoms with Gasteiger partial charge in [0.05, 0.1) is 5.69 Å². The average molecular weight is 704 g/mol. The molecular weight excluding hydrogens is 669 g/mol. The number of hydrogen-bond acceptors (Lipinski definition) is 10. The van der Waals surface area contributed by atoms with Gasteiger partial charge in [0.1, 0.15) is 28.2 Å². The van der Waals surface area contributed by atoms with Gasteiger partial charge >= 0.3 is 6.03 Å². The van der Waals surface area contributed by atoms with Gasteiger partial charge in [0.25, 0.3) is 0 Å². The number of nitrogens with zero attached hydrogens (tertiary/aromatic N) is 5. The van der Waals surface area contributed by atoms with Crippen LogP contribution in [0.4, 0.5) is 32.2 Å². The summed E-state index contributed by atoms with van der Waals surface area (Å²) in [5, 5.41) is 5.50. The fourth-order valence-corrected chi connectivity index (χ4v) is 5.80. The first kappa shape index (κ1) is 35.6. The Morgan fingerprint density at radius 2 is 1.70 bits per heavy atom. The van der Waals surface area contributed by atoms with Crippen LogP contribution >= 0.6 is 0 Å². The topological polar surface area (TPSA) is 171 Å². The molecule has 2 aromatic heterocycles. The van der Waals surface area contributed by atoms with Gasteiger partial charge in [-0.15, -0.1) is 0 Å². The van der Waals surface area contributed by atoms with Gasteiger partial charge < -0.3 is 20.3 Å². The Bertz CT molecular complexity index is 2060. The van der Waals surface area contributed by atoms with Crippen LogP contribution in [0.3, 0.4) is 0 Å². The predicted molar refractivity (Wildman–Crippen MR) is 182 cm³/mol. The molecular formula is C34H34FN7O7S. The summed E-state index contributed by atoms with van der Waals surface area (Å²) in [5.74, 6) is -3.14. The number of Topliss-reactive ketones (excluding diaryl/α,β-unsaturated/α-hetero) is 1. The van der Waals surface area contributed by atoms with Crippen LogP contribution in [-0.4, -0.2) is 77.9 Å². The molecule has 0 radical (unpaired) electrons. The molecule has 2 aromatic carbocycles. The van der Waals surface area contributed by atoms with E-state index in [-0.39, 0.29) is 52.0 Å². The number of carbonyl (C=O) groups excluding carboxylic acids is 4. The Kier molecular flexibility index (Phi) is 10.2. The van der Waals surface area contributed by atoms with Gasteiger partial charge in [-0.25, -0.2) is 36.8 Å². The zero-order valence-corrected chi connectivity index (χ0v) is 28.6. The molecule has 50 heavy (non-hydrogen) atoms. The van der Waals surface area contributed by atoms with E-state index >= 15 is 4.39 Å². The molecule has 3 heterocycles. The molecule has 0 bridgehead atoms. The molecule has 1 atom stereocenters. The number of ether oxygens (including phenoxy) is 1. The molecule has 0 spiro atoms. The second-order valence-corrected chi connectivity index (χ2v) is 13.9. The third-order valence-corrected chi connectivity index (χ3v) is 9.53. The fraction of sp³-hybridized carbons (Fsp3) is 0.235. The Hall–Kier alpha value is -5.74. The third-order valence-electron chi connectivity index (χ3n) is 7.74. The van der Waals surface area contributed by atoms with E-state index in [4.69, 9.17) is 4.74 Å². The van der Waals surface area contributed by atoms with Crippen LogP contribution < -0.4 is 20.3 Å². The Morgan fingerprint density at radius 1 is 0.980 bits per heavy atom. The number of carbonyl (C=O) groups is 4. The van der Waals surface area contributed by atoms with Crippen molar-refractivity contribution in [1.29, 1.82) is 0 Å². The quantitative estimate of drug-likeness (QED) is 0.159. The number of urea groups is 1. The van der Waals surface area contributed by atoms with Gasteiger partial charge in [0, 0.05) is 62.5 Å². The SMILES string of the molecule is CC(=O)c1ccc(N2C(=O)C(C(=O)Nc3ccc(Oc4ccnc(Nc5ccc(S(=O)(=O)N(C)C)cn5)c4)c(F)c3)CN(C(C)C)C2=O)cc1. The van der Waals surface area contributed by atoms with E-state index in [9.17, 15) is 27.6 Å². The first-order valence-corrected chi connectivity index (χ1v) is 16.7. The molecule has 2 N–H and O–H groups in total. The van der Waals surface area contributed by atoms with Crippen LogP contribution in [0.25, 0.3) is 0 Å². The van der Waals surface area contributed by atoms with E-state index in [1.54, 1.807) is 13.8 Å². The predicted octanol–water partition coefficient (Wildman–Crippen LogP) is 5.04. The Morgan fingerprint density at radius 3 is 2.30 bits per heavy atom. The fourth-order valence-electron chi connectivity index (χ4n) is 4.95. The van der Waals surface area contributed by atoms with E-state index in [1.807, 2.05) is 0 Å². The summed E-state index contributed by atoms with van der Waals surface area (Å²) in [5.41, 5.74) is 0.664. The second-order valence-electron chi connectivity index (χ2n) is 11.8. The highest BCUT2D eigenvalue weighted by Gasteiger charge is 2.44. The first-order chi connectivity index (χ1) is 23.6. The number of rotatable bonds is 11. The number of imide groups is 1. The van der Waals surface area contributed by atoms with Gasteiger partial charge in [-0.1, -0.05) is 0 Å². The monoisotopic (exact) mass is 703 g/mol. The molecule has 14 nitrogen and oxygen atoms in total. The summed E-state index contributed by atoms with van der Waals surface area (Å²) in [6.07, 6.45) is 2.63. The van der Waals surface area contributed by atoms with Crippen molar-refractivity contribution in [1.82, 2.24) is 19.2 Å². The minimum atomic E-state index is -3.64. The zero-order valence-electron chi connectivity index (χ0n) is 27.7. The van der Waals surface area contributed by atoms with E-state index in [1.165, 1.54) is 99.0 Å². The first-order valence-electron chi connectivity index (χ1n) is 15.3. The van der Waals surface area contributed by atoms with Gasteiger partial charge in [0.15, 0.2) is 17.3 Å². The average Bonchev–Trinajstić information content (AvgIpc) is 3.06. The largest absolute Gasteiger partial charge is 0.454 e. The lowest BCUT2D eigenvalue weighted by Crippen LogP contribution is -2.61. The van der Waals surface area contributed by atoms with Gasteiger partial charge in [-0.3, -0.25) is 14.4 Å². The molecule has 4 aromatic rings. The number of sulfonamides is 1. The van der Waals surface area contributed by atoms with Gasteiger partial charge in [-0.05, 0) is 75.4 Å². The summed E-state index contributed by atoms with van der Waals surface area (Å²) in [4.78, 5) is 62.5. The van der Waals surface area contributed by atoms with E-state index < -0.39 is 39.6 Å². The number of nitrogens with one attached hydrogen (secondary N) is 2. The summed E-state index contributed by atoms with van der Waals surface area (Å²) in [7, 11) is -0.809. The van der Waals surface area contributed by atoms with Crippen LogP contribution in [0.15, 0.2) is 84.0 Å². The van der Waals surface area contributed by atoms with E-state index in [0.29, 0.717) is 11.4 Å². The molecule has 1 saturated heterocycles. The second kappa shape index (κ2) is 14.4. The maximum atomic E-state index is 15.2. The van der Waals surface area contributed by atoms with Crippen molar-refractivity contribution in [3.8, 4) is 11.5 Å². The number of ketones is 1. The molecule has 16 heteroatoms. The van der Waals surface area contributed by atoms with Crippen LogP contribution in [0.1, 0.15) is 31.1 Å². The number of hydrogen-bond donors (Lipinski definition) is 2. The molecule has 1 fully saturated rings. The Labute approximate surface area is 287 Å². The summed E-state index contributed by atoms with van der Waals surface area (Å²) in [6, 6.07) is 14.6. The van der Waals surface area contributed by atoms with Gasteiger partial charge in [0.2, 0.25) is 21.8 Å². The molecule has 1 aliphatic heterocycles. The number of pyridine rings is 2. The van der Waals surface area contributed by atoms with Crippen molar-refractivity contribution >= 4 is 56.7 Å². The smallest absolute Gasteiger partial charge is 0.331 e. The maximum Gasteiger partial charge on any atom is 0.331 e. The molecule has 0 saturated carbocycles. The van der Waals surface area contributed by atoms with Crippen molar-refractivity contribution in [2.24, 2.45) is 5.92 Å². The Balaban J connectivity index is 1.27. The minimum Gasteiger partial charge on any atom is -0.454 e. The number of amides is 4. The van der Waals surface area contributed by atoms with Crippen molar-refractivity contribution in [3.05, 3.63) is 90.5 Å². The molecule has 5 rings (SSSR count). The van der Waals surface area contributed by atoms with Crippen LogP contribution in [0.5, 0.6) is 11.5 Å². The molecule has 1 unspecified atom stereocenters. The van der Waals surface area contributed by atoms with Crippen LogP contribution in [0.2, 0.25) is 0 Å². The van der Waals surface area contributed by atoms with Crippen molar-refractivity contribution in [2.75, 3.05) is 36.2 Å². The van der Waals surface area contributed by atoms with Crippen LogP contribution in [-0.2, 0) is 19.6 Å². The van der Waals surface area contributed by atoms with Crippen molar-refractivity contribution in [2.45, 2.75) is 31.7 Å². The normalized spacial score (nSPS) is 15.0. The van der Waals surface area contributed by atoms with Crippen molar-refractivity contribution in [3.63, 3.8) is 0 Å². The van der Waals surface area contributed by atoms with E-state index in [2.05, 4.69) is 20.6 Å². The summed E-state index contributed by atoms with van der Waals surface area (Å²) in [6.45, 7) is 4.73. The summed E-state index contributed by atoms with van der Waals surface area (Å²) < 4.78 is 46.6. The number of anilines is 4. The highest BCUT2D eigenvalue weighted by molar-refractivity contribution is 7.89. The zero-order chi connectivity index (χ0) is 36.3. The molecule has 1 aliphatic rings. The van der Waals surface area contributed by atoms with Crippen LogP contribution in [0, 0.1) is 11.7 Å². The van der Waals surface area contributed by atoms with Gasteiger partial charge in [-0.2, -0.15) is 0 Å². The maximum absolute atomic E-state index is 15.2. The molecule has 0 aliphatic carbocycles. The summed E-state index contributed by atoms with van der Waals surface area (Å²) >= 11 is 0. The lowest BCUT2D eigenvalue weighted by molar-refractivity contribution is -0.132. The highest BCUT2D eigenvalue weighted by Crippen LogP contribution is 2.30. The highest BCUT2D eigenvalue weighted by atomic mass is 32.2. The lowest BCUT2D eigenvalue weighted by atomic mass is 10.0. The van der Waals surface area contributed by atoms with E-state index in [0.717, 1.165) is 15.3 Å². The standard InChI is InChI=1S/C34H34FN7O7S/c1-20(2)41-19-27(33(45)42(34(41)46)24-9-6-22(7-10-24)21(3)43)32(44)38-23-8-12-29(28(35)16-23)49-25-14-15-36-31(17-25)39-30-13-11-26(18-37-30)50(47,48)40(4)5/h6-18,20,27H,19H2,1-5H3,(H,38,44)(H,36,37,39).